The van der Waals surface area contributed by atoms with E-state index in [-0.39, 0.29) is 37.5 Å². The molecule has 254 valence electrons. The van der Waals surface area contributed by atoms with Gasteiger partial charge in [-0.05, 0) is 81.3 Å². The van der Waals surface area contributed by atoms with E-state index in [1.54, 1.807) is 18.2 Å². The summed E-state index contributed by atoms with van der Waals surface area (Å²) in [6.45, 7) is 9.02. The Morgan fingerprint density at radius 2 is 1.87 bits per heavy atom. The zero-order chi connectivity index (χ0) is 33.3. The van der Waals surface area contributed by atoms with Gasteiger partial charge in [-0.15, -0.1) is 11.8 Å². The lowest BCUT2D eigenvalue weighted by Crippen LogP contribution is -2.58. The van der Waals surface area contributed by atoms with Gasteiger partial charge in [0.05, 0.1) is 18.5 Å². The smallest absolute Gasteiger partial charge is 0.407 e. The van der Waals surface area contributed by atoms with Gasteiger partial charge in [0.15, 0.2) is 23.9 Å². The number of nitrogens with zero attached hydrogens (tertiary/aromatic N) is 1. The van der Waals surface area contributed by atoms with Gasteiger partial charge in [-0.25, -0.2) is 4.79 Å². The molecule has 0 bridgehead atoms. The average molecular weight is 670 g/mol. The van der Waals surface area contributed by atoms with Gasteiger partial charge in [0.1, 0.15) is 12.1 Å². The third-order valence-electron chi connectivity index (χ3n) is 9.47. The van der Waals surface area contributed by atoms with Gasteiger partial charge in [-0.2, -0.15) is 0 Å². The van der Waals surface area contributed by atoms with Gasteiger partial charge >= 0.3 is 6.09 Å². The summed E-state index contributed by atoms with van der Waals surface area (Å²) in [4.78, 5) is 42.5. The van der Waals surface area contributed by atoms with Crippen molar-refractivity contribution in [2.24, 2.45) is 5.92 Å². The van der Waals surface area contributed by atoms with E-state index in [9.17, 15) is 19.5 Å². The van der Waals surface area contributed by atoms with Crippen molar-refractivity contribution in [3.63, 3.8) is 0 Å². The Morgan fingerprint density at radius 1 is 1.11 bits per heavy atom. The Kier molecular flexibility index (Phi) is 9.88. The van der Waals surface area contributed by atoms with E-state index < -0.39 is 47.3 Å². The number of hydrogen-bond donors (Lipinski definition) is 3. The van der Waals surface area contributed by atoms with E-state index in [1.807, 2.05) is 45.9 Å². The lowest BCUT2D eigenvalue weighted by Gasteiger charge is -2.33. The topological polar surface area (TPSA) is 145 Å². The van der Waals surface area contributed by atoms with E-state index in [2.05, 4.69) is 10.6 Å². The molecule has 4 aliphatic heterocycles. The fourth-order valence-electron chi connectivity index (χ4n) is 6.79. The van der Waals surface area contributed by atoms with E-state index >= 15 is 0 Å². The van der Waals surface area contributed by atoms with Crippen molar-refractivity contribution < 1.29 is 43.2 Å². The highest BCUT2D eigenvalue weighted by Crippen LogP contribution is 2.40. The second-order valence-corrected chi connectivity index (χ2v) is 14.7. The van der Waals surface area contributed by atoms with Crippen LogP contribution >= 0.6 is 11.8 Å². The molecular formula is C34H43N3O9S. The number of aliphatic hydroxyl groups is 1. The Labute approximate surface area is 278 Å². The highest BCUT2D eigenvalue weighted by molar-refractivity contribution is 8.00. The molecule has 3 N–H and O–H groups in total. The molecule has 0 aliphatic carbocycles. The third kappa shape index (κ3) is 7.18. The molecule has 4 aliphatic rings. The van der Waals surface area contributed by atoms with E-state index in [4.69, 9.17) is 23.7 Å². The molecule has 3 saturated heterocycles. The van der Waals surface area contributed by atoms with Crippen LogP contribution in [0.15, 0.2) is 36.4 Å². The minimum atomic E-state index is -1.68. The largest absolute Gasteiger partial charge is 0.454 e. The first-order valence-electron chi connectivity index (χ1n) is 16.1. The first-order valence-corrected chi connectivity index (χ1v) is 17.0. The summed E-state index contributed by atoms with van der Waals surface area (Å²) in [6, 6.07) is 9.33. The minimum Gasteiger partial charge on any atom is -0.454 e. The molecule has 47 heavy (non-hydrogen) atoms. The molecule has 6 rings (SSSR count). The molecular weight excluding hydrogens is 626 g/mol. The highest BCUT2D eigenvalue weighted by atomic mass is 32.2. The predicted molar refractivity (Wildman–Crippen MR) is 173 cm³/mol. The summed E-state index contributed by atoms with van der Waals surface area (Å²) >= 11 is 1.46. The molecule has 2 aromatic rings. The Balaban J connectivity index is 1.18. The maximum absolute atomic E-state index is 14.1. The number of carbonyl (C=O) groups excluding carboxylic acids is 3. The van der Waals surface area contributed by atoms with Crippen LogP contribution in [0.3, 0.4) is 0 Å². The summed E-state index contributed by atoms with van der Waals surface area (Å²) in [7, 11) is 0. The fraction of sp³-hybridized carbons (Fsp3) is 0.559. The van der Waals surface area contributed by atoms with Crippen LogP contribution in [0.25, 0.3) is 0 Å². The first-order chi connectivity index (χ1) is 22.5. The van der Waals surface area contributed by atoms with Crippen LogP contribution in [0.2, 0.25) is 0 Å². The third-order valence-corrected chi connectivity index (χ3v) is 10.8. The zero-order valence-electron chi connectivity index (χ0n) is 27.2. The summed E-state index contributed by atoms with van der Waals surface area (Å²) in [5.74, 6) is 0.272. The lowest BCUT2D eigenvalue weighted by molar-refractivity contribution is -0.152. The Morgan fingerprint density at radius 3 is 2.66 bits per heavy atom. The molecule has 3 fully saturated rings. The van der Waals surface area contributed by atoms with Crippen molar-refractivity contribution in [3.8, 4) is 11.5 Å². The van der Waals surface area contributed by atoms with Gasteiger partial charge in [0, 0.05) is 23.8 Å². The number of thioether (sulfide) groups is 1. The van der Waals surface area contributed by atoms with Gasteiger partial charge < -0.3 is 44.3 Å². The van der Waals surface area contributed by atoms with Crippen LogP contribution in [0.5, 0.6) is 11.5 Å². The summed E-state index contributed by atoms with van der Waals surface area (Å²) in [5.41, 5.74) is 3.85. The van der Waals surface area contributed by atoms with Crippen molar-refractivity contribution in [1.29, 1.82) is 0 Å². The number of rotatable bonds is 9. The van der Waals surface area contributed by atoms with Crippen molar-refractivity contribution in [3.05, 3.63) is 58.7 Å². The number of ether oxygens (including phenoxy) is 5. The molecule has 0 unspecified atom stereocenters. The quantitative estimate of drug-likeness (QED) is 0.364. The molecule has 0 radical (unpaired) electrons. The van der Waals surface area contributed by atoms with Crippen molar-refractivity contribution in [2.45, 2.75) is 88.8 Å². The Bertz CT molecular complexity index is 1480. The van der Waals surface area contributed by atoms with Gasteiger partial charge in [-0.1, -0.05) is 24.3 Å². The molecule has 0 spiro atoms. The summed E-state index contributed by atoms with van der Waals surface area (Å²) in [5, 5.41) is 17.4. The normalized spacial score (nSPS) is 25.5. The SMILES string of the molecule is Cc1cccc(C)c1CNC(=O)[C@H]1N(C(=O)[C@@H](O)[C@H](Cc2ccc3c(c2)OCO3)NC(=O)O[C@H]2CO[C@H]3OCCC[C@H]32)CSC1(C)C. The van der Waals surface area contributed by atoms with Crippen LogP contribution < -0.4 is 20.1 Å². The number of amides is 3. The molecule has 2 aromatic carbocycles. The molecule has 12 nitrogen and oxygen atoms in total. The zero-order valence-corrected chi connectivity index (χ0v) is 28.0. The van der Waals surface area contributed by atoms with E-state index in [0.717, 1.165) is 29.5 Å². The summed E-state index contributed by atoms with van der Waals surface area (Å²) < 4.78 is 27.4. The minimum absolute atomic E-state index is 0.0834. The summed E-state index contributed by atoms with van der Waals surface area (Å²) in [6.07, 6.45) is -1.65. The number of aryl methyl sites for hydroxylation is 2. The standard InChI is InChI=1S/C34H43N3O9S/c1-19-7-5-8-20(2)23(19)15-35-30(39)29-34(3,4)47-17-37(29)31(40)28(38)24(13-21-10-11-25-26(14-21)45-18-44-25)36-33(41)46-27-16-43-32-22(27)9-6-12-42-32/h5,7-8,10-11,14,22,24,27-29,32,38H,6,9,12-13,15-18H2,1-4H3,(H,35,39)(H,36,41)/t22-,24-,27-,28-,29+,32+/m0/s1. The highest BCUT2D eigenvalue weighted by Gasteiger charge is 2.50. The Hall–Kier alpha value is -3.52. The van der Waals surface area contributed by atoms with Gasteiger partial charge in [-0.3, -0.25) is 9.59 Å². The van der Waals surface area contributed by atoms with Gasteiger partial charge in [0.25, 0.3) is 5.91 Å². The number of nitrogens with one attached hydrogen (secondary N) is 2. The van der Waals surface area contributed by atoms with Crippen LogP contribution in [-0.2, 0) is 36.8 Å². The average Bonchev–Trinajstić information content (AvgIpc) is 3.76. The maximum atomic E-state index is 14.1. The first kappa shape index (κ1) is 33.4. The monoisotopic (exact) mass is 669 g/mol. The molecule has 3 amide bonds. The number of benzene rings is 2. The van der Waals surface area contributed by atoms with E-state index in [1.165, 1.54) is 16.7 Å². The van der Waals surface area contributed by atoms with Crippen molar-refractivity contribution in [1.82, 2.24) is 15.5 Å². The van der Waals surface area contributed by atoms with Gasteiger partial charge in [0.2, 0.25) is 12.7 Å². The van der Waals surface area contributed by atoms with Crippen molar-refractivity contribution in [2.75, 3.05) is 25.9 Å². The predicted octanol–water partition coefficient (Wildman–Crippen LogP) is 3.18. The van der Waals surface area contributed by atoms with Crippen molar-refractivity contribution >= 4 is 29.7 Å². The lowest BCUT2D eigenvalue weighted by atomic mass is 9.96. The van der Waals surface area contributed by atoms with Crippen LogP contribution in [0.1, 0.15) is 48.9 Å². The number of aliphatic hydroxyl groups excluding tert-OH is 1. The maximum Gasteiger partial charge on any atom is 0.407 e. The molecule has 13 heteroatoms. The van der Waals surface area contributed by atoms with E-state index in [0.29, 0.717) is 30.2 Å². The van der Waals surface area contributed by atoms with Crippen LogP contribution in [-0.4, -0.2) is 89.1 Å². The van der Waals surface area contributed by atoms with Crippen LogP contribution in [0.4, 0.5) is 4.79 Å². The second-order valence-electron chi connectivity index (χ2n) is 13.1. The second kappa shape index (κ2) is 13.9. The number of fused-ring (bicyclic) bond motifs is 2. The van der Waals surface area contributed by atoms with Crippen LogP contribution in [0, 0.1) is 19.8 Å². The number of alkyl carbamates (subject to hydrolysis) is 1. The molecule has 4 heterocycles. The number of hydrogen-bond acceptors (Lipinski definition) is 10. The molecule has 6 atom stereocenters. The fourth-order valence-corrected chi connectivity index (χ4v) is 7.93. The molecule has 0 saturated carbocycles. The number of carbonyl (C=O) groups is 3. The molecule has 0 aromatic heterocycles.